The molecule has 0 bridgehead atoms. The molecule has 0 fully saturated rings. The van der Waals surface area contributed by atoms with Crippen LogP contribution in [-0.4, -0.2) is 23.7 Å². The molecule has 172 valence electrons. The van der Waals surface area contributed by atoms with Crippen LogP contribution in [0.5, 0.6) is 0 Å². The van der Waals surface area contributed by atoms with Crippen molar-refractivity contribution in [3.05, 3.63) is 106 Å². The third-order valence-corrected chi connectivity index (χ3v) is 5.61. The SMILES string of the molecule is O=C(Cc1cccc(C(S)c2ccccc2C(=O)O)c1)OCCc1ccc(C(F)(F)F)cc1. The highest BCUT2D eigenvalue weighted by Crippen LogP contribution is 2.31. The number of ether oxygens (including phenoxy) is 1. The van der Waals surface area contributed by atoms with E-state index in [9.17, 15) is 27.9 Å². The molecule has 33 heavy (non-hydrogen) atoms. The zero-order chi connectivity index (χ0) is 24.0. The van der Waals surface area contributed by atoms with Crippen LogP contribution in [0.15, 0.2) is 72.8 Å². The van der Waals surface area contributed by atoms with Crippen molar-refractivity contribution in [1.29, 1.82) is 0 Å². The molecular formula is C25H21F3O4S. The number of hydrogen-bond acceptors (Lipinski definition) is 4. The summed E-state index contributed by atoms with van der Waals surface area (Å²) in [7, 11) is 0. The molecule has 0 aliphatic carbocycles. The van der Waals surface area contributed by atoms with Gasteiger partial charge in [-0.3, -0.25) is 4.79 Å². The number of carboxylic acid groups (broad SMARTS) is 1. The van der Waals surface area contributed by atoms with Crippen molar-refractivity contribution < 1.29 is 32.6 Å². The first-order chi connectivity index (χ1) is 15.6. The predicted octanol–water partition coefficient (Wildman–Crippen LogP) is 5.75. The van der Waals surface area contributed by atoms with E-state index in [0.29, 0.717) is 23.1 Å². The minimum Gasteiger partial charge on any atom is -0.478 e. The first-order valence-corrected chi connectivity index (χ1v) is 10.6. The molecule has 0 radical (unpaired) electrons. The van der Waals surface area contributed by atoms with E-state index in [4.69, 9.17) is 4.74 Å². The second-order valence-corrected chi connectivity index (χ2v) is 7.90. The van der Waals surface area contributed by atoms with E-state index >= 15 is 0 Å². The lowest BCUT2D eigenvalue weighted by molar-refractivity contribution is -0.142. The lowest BCUT2D eigenvalue weighted by Gasteiger charge is -2.15. The average molecular weight is 475 g/mol. The monoisotopic (exact) mass is 474 g/mol. The zero-order valence-electron chi connectivity index (χ0n) is 17.4. The van der Waals surface area contributed by atoms with Gasteiger partial charge in [-0.25, -0.2) is 4.79 Å². The molecule has 0 heterocycles. The number of carbonyl (C=O) groups excluding carboxylic acids is 1. The summed E-state index contributed by atoms with van der Waals surface area (Å²) in [4.78, 5) is 23.7. The average Bonchev–Trinajstić information content (AvgIpc) is 2.78. The van der Waals surface area contributed by atoms with Crippen LogP contribution in [-0.2, 0) is 28.5 Å². The van der Waals surface area contributed by atoms with Crippen LogP contribution < -0.4 is 0 Å². The van der Waals surface area contributed by atoms with Crippen molar-refractivity contribution in [3.8, 4) is 0 Å². The summed E-state index contributed by atoms with van der Waals surface area (Å²) in [5.74, 6) is -1.52. The number of carboxylic acids is 1. The third kappa shape index (κ3) is 6.61. The van der Waals surface area contributed by atoms with Crippen LogP contribution in [0.4, 0.5) is 13.2 Å². The lowest BCUT2D eigenvalue weighted by atomic mass is 9.97. The molecule has 0 saturated heterocycles. The highest BCUT2D eigenvalue weighted by atomic mass is 32.1. The van der Waals surface area contributed by atoms with Crippen molar-refractivity contribution in [2.75, 3.05) is 6.61 Å². The Balaban J connectivity index is 1.58. The number of benzene rings is 3. The van der Waals surface area contributed by atoms with Gasteiger partial charge < -0.3 is 9.84 Å². The lowest BCUT2D eigenvalue weighted by Crippen LogP contribution is -2.11. The van der Waals surface area contributed by atoms with Crippen LogP contribution in [0.2, 0.25) is 0 Å². The van der Waals surface area contributed by atoms with Gasteiger partial charge >= 0.3 is 18.1 Å². The fourth-order valence-electron chi connectivity index (χ4n) is 3.34. The van der Waals surface area contributed by atoms with Crippen molar-refractivity contribution in [2.45, 2.75) is 24.3 Å². The summed E-state index contributed by atoms with van der Waals surface area (Å²) in [6, 6.07) is 18.4. The summed E-state index contributed by atoms with van der Waals surface area (Å²) in [6.45, 7) is 0.0467. The molecule has 1 atom stereocenters. The van der Waals surface area contributed by atoms with E-state index in [-0.39, 0.29) is 18.6 Å². The second-order valence-electron chi connectivity index (χ2n) is 7.38. The highest BCUT2D eigenvalue weighted by molar-refractivity contribution is 7.80. The summed E-state index contributed by atoms with van der Waals surface area (Å²) in [5, 5.41) is 8.91. The van der Waals surface area contributed by atoms with E-state index in [0.717, 1.165) is 17.7 Å². The molecule has 4 nitrogen and oxygen atoms in total. The third-order valence-electron chi connectivity index (χ3n) is 5.04. The van der Waals surface area contributed by atoms with E-state index in [1.165, 1.54) is 18.2 Å². The molecule has 0 spiro atoms. The first kappa shape index (κ1) is 24.4. The zero-order valence-corrected chi connectivity index (χ0v) is 18.3. The number of alkyl halides is 3. The van der Waals surface area contributed by atoms with Gasteiger partial charge in [-0.05, 0) is 40.5 Å². The van der Waals surface area contributed by atoms with E-state index in [2.05, 4.69) is 12.6 Å². The van der Waals surface area contributed by atoms with Gasteiger partial charge in [0.1, 0.15) is 0 Å². The number of esters is 1. The van der Waals surface area contributed by atoms with Crippen LogP contribution in [0.3, 0.4) is 0 Å². The number of hydrogen-bond donors (Lipinski definition) is 2. The maximum atomic E-state index is 12.6. The van der Waals surface area contributed by atoms with Gasteiger partial charge in [0, 0.05) is 6.42 Å². The molecule has 8 heteroatoms. The number of rotatable bonds is 8. The van der Waals surface area contributed by atoms with Crippen LogP contribution >= 0.6 is 12.6 Å². The van der Waals surface area contributed by atoms with Crippen molar-refractivity contribution in [2.24, 2.45) is 0 Å². The second kappa shape index (κ2) is 10.6. The Morgan fingerprint density at radius 1 is 0.939 bits per heavy atom. The molecule has 3 aromatic carbocycles. The molecule has 0 saturated carbocycles. The van der Waals surface area contributed by atoms with Crippen LogP contribution in [0, 0.1) is 0 Å². The Kier molecular flexibility index (Phi) is 7.81. The van der Waals surface area contributed by atoms with E-state index < -0.39 is 28.9 Å². The number of halogens is 3. The molecular weight excluding hydrogens is 453 g/mol. The number of carbonyl (C=O) groups is 2. The van der Waals surface area contributed by atoms with Crippen LogP contribution in [0.1, 0.15) is 43.4 Å². The standard InChI is InChI=1S/C25H21F3O4S/c26-25(27,28)19-10-8-16(9-11-19)12-13-32-22(29)15-17-4-3-5-18(14-17)23(33)20-6-1-2-7-21(20)24(30)31/h1-11,14,23,33H,12-13,15H2,(H,30,31). The van der Waals surface area contributed by atoms with Crippen molar-refractivity contribution >= 4 is 24.6 Å². The van der Waals surface area contributed by atoms with Gasteiger partial charge in [-0.1, -0.05) is 54.6 Å². The molecule has 0 aliphatic rings. The maximum absolute atomic E-state index is 12.6. The summed E-state index contributed by atoms with van der Waals surface area (Å²) < 4.78 is 43.1. The van der Waals surface area contributed by atoms with E-state index in [1.807, 2.05) is 0 Å². The Morgan fingerprint density at radius 3 is 2.30 bits per heavy atom. The minimum atomic E-state index is -4.39. The summed E-state index contributed by atoms with van der Waals surface area (Å²) >= 11 is 4.58. The maximum Gasteiger partial charge on any atom is 0.416 e. The highest BCUT2D eigenvalue weighted by Gasteiger charge is 2.29. The molecule has 0 aromatic heterocycles. The van der Waals surface area contributed by atoms with E-state index in [1.54, 1.807) is 42.5 Å². The fraction of sp³-hybridized carbons (Fsp3) is 0.200. The Labute approximate surface area is 194 Å². The topological polar surface area (TPSA) is 63.6 Å². The fourth-order valence-corrected chi connectivity index (χ4v) is 3.73. The molecule has 3 aromatic rings. The summed E-state index contributed by atoms with van der Waals surface area (Å²) in [5.41, 5.74) is 2.03. The number of aromatic carboxylic acids is 1. The minimum absolute atomic E-state index is 0.00191. The van der Waals surface area contributed by atoms with Gasteiger partial charge in [0.05, 0.1) is 29.4 Å². The first-order valence-electron chi connectivity index (χ1n) is 10.1. The summed E-state index contributed by atoms with van der Waals surface area (Å²) in [6.07, 6.45) is -4.09. The largest absolute Gasteiger partial charge is 0.478 e. The molecule has 0 amide bonds. The molecule has 0 aliphatic heterocycles. The molecule has 1 unspecified atom stereocenters. The van der Waals surface area contributed by atoms with Crippen molar-refractivity contribution in [3.63, 3.8) is 0 Å². The van der Waals surface area contributed by atoms with Crippen molar-refractivity contribution in [1.82, 2.24) is 0 Å². The van der Waals surface area contributed by atoms with Gasteiger partial charge in [-0.15, -0.1) is 0 Å². The normalized spacial score (nSPS) is 12.2. The molecule has 1 N–H and O–H groups in total. The Hall–Kier alpha value is -3.26. The Morgan fingerprint density at radius 2 is 1.64 bits per heavy atom. The smallest absolute Gasteiger partial charge is 0.416 e. The van der Waals surface area contributed by atoms with Gasteiger partial charge in [-0.2, -0.15) is 25.8 Å². The number of thiol groups is 1. The quantitative estimate of drug-likeness (QED) is 0.322. The van der Waals surface area contributed by atoms with Crippen LogP contribution in [0.25, 0.3) is 0 Å². The Bertz CT molecular complexity index is 1130. The molecule has 3 rings (SSSR count). The van der Waals surface area contributed by atoms with Gasteiger partial charge in [0.25, 0.3) is 0 Å². The van der Waals surface area contributed by atoms with Gasteiger partial charge in [0.2, 0.25) is 0 Å². The van der Waals surface area contributed by atoms with Gasteiger partial charge in [0.15, 0.2) is 0 Å². The predicted molar refractivity (Wildman–Crippen MR) is 120 cm³/mol.